The topological polar surface area (TPSA) is 69.9 Å². The van der Waals surface area contributed by atoms with Crippen LogP contribution in [0.1, 0.15) is 31.9 Å². The van der Waals surface area contributed by atoms with Crippen molar-refractivity contribution in [2.75, 3.05) is 24.2 Å². The maximum Gasteiger partial charge on any atom is 0.149 e. The van der Waals surface area contributed by atoms with E-state index in [9.17, 15) is 4.21 Å². The fourth-order valence-electron chi connectivity index (χ4n) is 2.23. The van der Waals surface area contributed by atoms with Crippen molar-refractivity contribution < 1.29 is 4.21 Å². The van der Waals surface area contributed by atoms with Crippen molar-refractivity contribution in [3.05, 3.63) is 12.0 Å². The van der Waals surface area contributed by atoms with Crippen LogP contribution >= 0.6 is 0 Å². The fraction of sp³-hybridized carbons (Fsp3) is 0.667. The lowest BCUT2D eigenvalue weighted by Gasteiger charge is -2.25. The van der Waals surface area contributed by atoms with E-state index < -0.39 is 9.73 Å². The third kappa shape index (κ3) is 2.48. The van der Waals surface area contributed by atoms with Gasteiger partial charge in [-0.2, -0.15) is 0 Å². The largest absolute Gasteiger partial charge is 0.359 e. The third-order valence-corrected chi connectivity index (χ3v) is 5.18. The van der Waals surface area contributed by atoms with Crippen LogP contribution in [0, 0.1) is 4.78 Å². The molecule has 2 rings (SSSR count). The predicted octanol–water partition coefficient (Wildman–Crippen LogP) is 2.06. The van der Waals surface area contributed by atoms with Gasteiger partial charge in [-0.15, -0.1) is 0 Å². The number of unbranched alkanes of at least 4 members (excludes halogenated alkanes) is 1. The Labute approximate surface area is 109 Å². The summed E-state index contributed by atoms with van der Waals surface area (Å²) in [5, 5.41) is 0. The number of fused-ring (bicyclic) bond motifs is 1. The first-order valence-corrected chi connectivity index (χ1v) is 8.10. The van der Waals surface area contributed by atoms with Crippen molar-refractivity contribution in [3.8, 4) is 0 Å². The van der Waals surface area contributed by atoms with Crippen LogP contribution in [0.25, 0.3) is 0 Å². The number of nitrogens with zero attached hydrogens (tertiary/aromatic N) is 3. The number of aryl methyl sites for hydroxylation is 1. The molecule has 1 aliphatic heterocycles. The van der Waals surface area contributed by atoms with Crippen LogP contribution in [0.5, 0.6) is 0 Å². The lowest BCUT2D eigenvalue weighted by Crippen LogP contribution is -2.26. The highest BCUT2D eigenvalue weighted by Gasteiger charge is 2.27. The van der Waals surface area contributed by atoms with Gasteiger partial charge in [0, 0.05) is 19.3 Å². The van der Waals surface area contributed by atoms with Crippen molar-refractivity contribution in [2.45, 2.75) is 37.5 Å². The predicted molar refractivity (Wildman–Crippen MR) is 72.5 cm³/mol. The molecule has 0 saturated carbocycles. The van der Waals surface area contributed by atoms with E-state index >= 15 is 0 Å². The first kappa shape index (κ1) is 13.3. The molecule has 0 radical (unpaired) electrons. The zero-order chi connectivity index (χ0) is 13.2. The molecule has 1 unspecified atom stereocenters. The summed E-state index contributed by atoms with van der Waals surface area (Å²) < 4.78 is 20.4. The first-order valence-electron chi connectivity index (χ1n) is 6.37. The van der Waals surface area contributed by atoms with E-state index in [1.165, 1.54) is 6.33 Å². The monoisotopic (exact) mass is 268 g/mol. The average Bonchev–Trinajstić information content (AvgIpc) is 2.35. The summed E-state index contributed by atoms with van der Waals surface area (Å²) in [5.74, 6) is 1.12. The summed E-state index contributed by atoms with van der Waals surface area (Å²) in [6.07, 6.45) is 5.28. The smallest absolute Gasteiger partial charge is 0.149 e. The van der Waals surface area contributed by atoms with Gasteiger partial charge in [0.05, 0.1) is 15.4 Å². The maximum absolute atomic E-state index is 12.4. The molecule has 0 saturated heterocycles. The molecule has 0 fully saturated rings. The van der Waals surface area contributed by atoms with E-state index in [4.69, 9.17) is 4.78 Å². The van der Waals surface area contributed by atoms with Crippen molar-refractivity contribution in [1.29, 1.82) is 4.78 Å². The zero-order valence-corrected chi connectivity index (χ0v) is 11.8. The Morgan fingerprint density at radius 3 is 3.00 bits per heavy atom. The van der Waals surface area contributed by atoms with Gasteiger partial charge in [0.15, 0.2) is 0 Å². The minimum Gasteiger partial charge on any atom is -0.359 e. The second-order valence-electron chi connectivity index (χ2n) is 4.73. The van der Waals surface area contributed by atoms with Gasteiger partial charge in [-0.3, -0.25) is 0 Å². The SMILES string of the molecule is CCCCN(C)c1ncnc2c1S(=N)(=O)CCC2. The second-order valence-corrected chi connectivity index (χ2v) is 6.90. The lowest BCUT2D eigenvalue weighted by atomic mass is 10.2. The van der Waals surface area contributed by atoms with Crippen LogP contribution in [-0.2, 0) is 16.1 Å². The summed E-state index contributed by atoms with van der Waals surface area (Å²) >= 11 is 0. The lowest BCUT2D eigenvalue weighted by molar-refractivity contribution is 0.657. The van der Waals surface area contributed by atoms with Gasteiger partial charge >= 0.3 is 0 Å². The van der Waals surface area contributed by atoms with Gasteiger partial charge in [0.2, 0.25) is 0 Å². The summed E-state index contributed by atoms with van der Waals surface area (Å²) in [6, 6.07) is 0. The van der Waals surface area contributed by atoms with E-state index in [2.05, 4.69) is 16.9 Å². The molecule has 1 aromatic heterocycles. The first-order chi connectivity index (χ1) is 8.56. The average molecular weight is 268 g/mol. The molecule has 1 aromatic rings. The molecule has 0 aromatic carbocycles. The van der Waals surface area contributed by atoms with E-state index in [0.717, 1.165) is 37.9 Å². The minimum atomic E-state index is -2.71. The van der Waals surface area contributed by atoms with Crippen molar-refractivity contribution in [3.63, 3.8) is 0 Å². The Morgan fingerprint density at radius 2 is 2.28 bits per heavy atom. The highest BCUT2D eigenvalue weighted by Crippen LogP contribution is 2.30. The van der Waals surface area contributed by atoms with Gasteiger partial charge in [0.25, 0.3) is 0 Å². The van der Waals surface area contributed by atoms with Crippen molar-refractivity contribution in [1.82, 2.24) is 9.97 Å². The Balaban J connectivity index is 2.43. The number of anilines is 1. The summed E-state index contributed by atoms with van der Waals surface area (Å²) in [5.41, 5.74) is 0.801. The van der Waals surface area contributed by atoms with Gasteiger partial charge in [-0.05, 0) is 19.3 Å². The van der Waals surface area contributed by atoms with Crippen LogP contribution in [0.15, 0.2) is 11.2 Å². The molecular formula is C12H20N4OS. The summed E-state index contributed by atoms with van der Waals surface area (Å²) in [4.78, 5) is 11.0. The zero-order valence-electron chi connectivity index (χ0n) is 11.0. The molecule has 5 nitrogen and oxygen atoms in total. The summed E-state index contributed by atoms with van der Waals surface area (Å²) in [6.45, 7) is 3.01. The Kier molecular flexibility index (Phi) is 3.85. The molecule has 0 spiro atoms. The van der Waals surface area contributed by atoms with Crippen LogP contribution in [0.3, 0.4) is 0 Å². The minimum absolute atomic E-state index is 0.433. The number of aromatic nitrogens is 2. The van der Waals surface area contributed by atoms with E-state index in [-0.39, 0.29) is 0 Å². The summed E-state index contributed by atoms with van der Waals surface area (Å²) in [7, 11) is -0.763. The van der Waals surface area contributed by atoms with Crippen LogP contribution < -0.4 is 4.90 Å². The van der Waals surface area contributed by atoms with Gasteiger partial charge in [0.1, 0.15) is 17.0 Å². The quantitative estimate of drug-likeness (QED) is 0.907. The molecule has 18 heavy (non-hydrogen) atoms. The van der Waals surface area contributed by atoms with E-state index in [1.54, 1.807) is 0 Å². The molecule has 0 aliphatic carbocycles. The molecule has 2 heterocycles. The molecule has 1 N–H and O–H groups in total. The second kappa shape index (κ2) is 5.22. The number of rotatable bonds is 4. The molecule has 0 amide bonds. The highest BCUT2D eigenvalue weighted by molar-refractivity contribution is 7.92. The normalized spacial score (nSPS) is 22.6. The number of hydrogen-bond acceptors (Lipinski definition) is 5. The maximum atomic E-state index is 12.4. The Hall–Kier alpha value is -1.17. The highest BCUT2D eigenvalue weighted by atomic mass is 32.2. The van der Waals surface area contributed by atoms with Crippen LogP contribution in [-0.4, -0.2) is 33.5 Å². The Bertz CT molecular complexity index is 527. The number of nitrogens with one attached hydrogen (secondary N) is 1. The molecule has 0 bridgehead atoms. The molecule has 100 valence electrons. The standard InChI is InChI=1S/C12H20N4OS/c1-3-4-7-16(2)12-11-10(14-9-15-12)6-5-8-18(11,13)17/h9,13H,3-8H2,1-2H3. The molecular weight excluding hydrogens is 248 g/mol. The molecule has 1 aliphatic rings. The van der Waals surface area contributed by atoms with E-state index in [1.807, 2.05) is 11.9 Å². The third-order valence-electron chi connectivity index (χ3n) is 3.24. The van der Waals surface area contributed by atoms with Crippen molar-refractivity contribution >= 4 is 15.5 Å². The van der Waals surface area contributed by atoms with Gasteiger partial charge < -0.3 is 4.90 Å². The van der Waals surface area contributed by atoms with Gasteiger partial charge in [-0.1, -0.05) is 13.3 Å². The van der Waals surface area contributed by atoms with Gasteiger partial charge in [-0.25, -0.2) is 19.0 Å². The fourth-order valence-corrected chi connectivity index (χ4v) is 4.03. The van der Waals surface area contributed by atoms with Crippen molar-refractivity contribution in [2.24, 2.45) is 0 Å². The van der Waals surface area contributed by atoms with Crippen LogP contribution in [0.2, 0.25) is 0 Å². The molecule has 1 atom stereocenters. The van der Waals surface area contributed by atoms with Crippen LogP contribution in [0.4, 0.5) is 5.82 Å². The molecule has 6 heteroatoms. The Morgan fingerprint density at radius 1 is 1.50 bits per heavy atom. The number of hydrogen-bond donors (Lipinski definition) is 1. The van der Waals surface area contributed by atoms with E-state index in [0.29, 0.717) is 16.5 Å².